The molecule has 0 heterocycles. The van der Waals surface area contributed by atoms with Crippen molar-refractivity contribution < 1.29 is 4.79 Å². The number of benzene rings is 2. The van der Waals surface area contributed by atoms with Crippen molar-refractivity contribution in [3.8, 4) is 6.07 Å². The van der Waals surface area contributed by atoms with Crippen molar-refractivity contribution in [3.63, 3.8) is 0 Å². The lowest BCUT2D eigenvalue weighted by Crippen LogP contribution is -2.31. The molecule has 2 aromatic carbocycles. The Morgan fingerprint density at radius 2 is 1.90 bits per heavy atom. The third-order valence-electron chi connectivity index (χ3n) is 3.03. The van der Waals surface area contributed by atoms with Crippen molar-refractivity contribution in [2.75, 3.05) is 11.4 Å². The summed E-state index contributed by atoms with van der Waals surface area (Å²) in [5.74, 6) is -0.0739. The lowest BCUT2D eigenvalue weighted by molar-refractivity contribution is 0.0987. The van der Waals surface area contributed by atoms with E-state index in [2.05, 4.69) is 6.07 Å². The molecule has 0 N–H and O–H groups in total. The highest BCUT2D eigenvalue weighted by Crippen LogP contribution is 2.17. The summed E-state index contributed by atoms with van der Waals surface area (Å²) in [5.41, 5.74) is 2.50. The molecule has 100 valence electrons. The van der Waals surface area contributed by atoms with Gasteiger partial charge in [0.05, 0.1) is 12.5 Å². The monoisotopic (exact) mass is 264 g/mol. The molecular weight excluding hydrogens is 248 g/mol. The number of nitriles is 1. The minimum absolute atomic E-state index is 0.0739. The fourth-order valence-corrected chi connectivity index (χ4v) is 2.05. The topological polar surface area (TPSA) is 44.1 Å². The number of rotatable bonds is 4. The van der Waals surface area contributed by atoms with Crippen LogP contribution in [0.3, 0.4) is 0 Å². The molecule has 0 fully saturated rings. The summed E-state index contributed by atoms with van der Waals surface area (Å²) in [7, 11) is 0. The normalized spacial score (nSPS) is 9.80. The Bertz CT molecular complexity index is 629. The third kappa shape index (κ3) is 3.24. The molecule has 1 amide bonds. The first-order valence-corrected chi connectivity index (χ1v) is 6.53. The van der Waals surface area contributed by atoms with Crippen LogP contribution < -0.4 is 4.90 Å². The molecular formula is C17H16N2O. The van der Waals surface area contributed by atoms with Crippen molar-refractivity contribution in [1.29, 1.82) is 5.26 Å². The second-order valence-corrected chi connectivity index (χ2v) is 4.57. The van der Waals surface area contributed by atoms with Crippen molar-refractivity contribution in [2.45, 2.75) is 13.3 Å². The minimum Gasteiger partial charge on any atom is -0.307 e. The number of hydrogen-bond donors (Lipinski definition) is 0. The lowest BCUT2D eigenvalue weighted by Gasteiger charge is -2.22. The molecule has 0 aliphatic heterocycles. The molecule has 0 unspecified atom stereocenters. The van der Waals surface area contributed by atoms with Gasteiger partial charge in [0, 0.05) is 17.8 Å². The zero-order chi connectivity index (χ0) is 14.4. The van der Waals surface area contributed by atoms with Crippen LogP contribution in [-0.2, 0) is 0 Å². The Labute approximate surface area is 119 Å². The summed E-state index contributed by atoms with van der Waals surface area (Å²) >= 11 is 0. The van der Waals surface area contributed by atoms with Crippen molar-refractivity contribution >= 4 is 11.6 Å². The van der Waals surface area contributed by atoms with E-state index in [0.717, 1.165) is 11.3 Å². The average Bonchev–Trinajstić information content (AvgIpc) is 2.48. The van der Waals surface area contributed by atoms with Crippen LogP contribution in [0, 0.1) is 18.3 Å². The molecule has 2 rings (SSSR count). The molecule has 0 atom stereocenters. The van der Waals surface area contributed by atoms with Crippen LogP contribution in [-0.4, -0.2) is 12.5 Å². The Hall–Kier alpha value is -2.60. The summed E-state index contributed by atoms with van der Waals surface area (Å²) in [6.07, 6.45) is 0.312. The highest BCUT2D eigenvalue weighted by atomic mass is 16.2. The van der Waals surface area contributed by atoms with Crippen LogP contribution in [0.4, 0.5) is 5.69 Å². The van der Waals surface area contributed by atoms with Crippen LogP contribution in [0.1, 0.15) is 22.3 Å². The van der Waals surface area contributed by atoms with E-state index in [1.165, 1.54) is 0 Å². The maximum atomic E-state index is 12.6. The van der Waals surface area contributed by atoms with E-state index in [1.54, 1.807) is 11.0 Å². The fraction of sp³-hybridized carbons (Fsp3) is 0.176. The predicted octanol–water partition coefficient (Wildman–Crippen LogP) is 3.56. The Morgan fingerprint density at radius 1 is 1.15 bits per heavy atom. The molecule has 0 spiro atoms. The van der Waals surface area contributed by atoms with Gasteiger partial charge in [-0.05, 0) is 31.2 Å². The van der Waals surface area contributed by atoms with Gasteiger partial charge in [-0.2, -0.15) is 5.26 Å². The van der Waals surface area contributed by atoms with Gasteiger partial charge in [0.2, 0.25) is 0 Å². The number of anilines is 1. The number of carbonyl (C=O) groups is 1. The number of hydrogen-bond acceptors (Lipinski definition) is 2. The van der Waals surface area contributed by atoms with Crippen LogP contribution in [0.15, 0.2) is 54.6 Å². The molecule has 2 aromatic rings. The van der Waals surface area contributed by atoms with Gasteiger partial charge in [0.1, 0.15) is 0 Å². The molecule has 20 heavy (non-hydrogen) atoms. The maximum absolute atomic E-state index is 12.6. The van der Waals surface area contributed by atoms with Crippen molar-refractivity contribution in [2.24, 2.45) is 0 Å². The van der Waals surface area contributed by atoms with Crippen LogP contribution in [0.25, 0.3) is 0 Å². The van der Waals surface area contributed by atoms with Crippen molar-refractivity contribution in [1.82, 2.24) is 0 Å². The van der Waals surface area contributed by atoms with Gasteiger partial charge >= 0.3 is 0 Å². The fourth-order valence-electron chi connectivity index (χ4n) is 2.05. The van der Waals surface area contributed by atoms with Crippen molar-refractivity contribution in [3.05, 3.63) is 65.7 Å². The molecule has 0 aliphatic carbocycles. The van der Waals surface area contributed by atoms with Gasteiger partial charge in [-0.1, -0.05) is 35.9 Å². The molecule has 0 aromatic heterocycles. The van der Waals surface area contributed by atoms with E-state index in [-0.39, 0.29) is 5.91 Å². The second-order valence-electron chi connectivity index (χ2n) is 4.57. The number of para-hydroxylation sites is 1. The maximum Gasteiger partial charge on any atom is 0.258 e. The quantitative estimate of drug-likeness (QED) is 0.847. The molecule has 3 nitrogen and oxygen atoms in total. The molecule has 0 radical (unpaired) electrons. The summed E-state index contributed by atoms with van der Waals surface area (Å²) in [5, 5.41) is 8.77. The van der Waals surface area contributed by atoms with Gasteiger partial charge < -0.3 is 4.90 Å². The number of aryl methyl sites for hydroxylation is 1. The van der Waals surface area contributed by atoms with Gasteiger partial charge in [0.15, 0.2) is 0 Å². The highest BCUT2D eigenvalue weighted by molar-refractivity contribution is 6.06. The van der Waals surface area contributed by atoms with Gasteiger partial charge in [-0.25, -0.2) is 0 Å². The molecule has 0 aliphatic rings. The van der Waals surface area contributed by atoms with E-state index in [9.17, 15) is 4.79 Å². The number of amides is 1. The van der Waals surface area contributed by atoms with Gasteiger partial charge in [-0.15, -0.1) is 0 Å². The Morgan fingerprint density at radius 3 is 2.55 bits per heavy atom. The summed E-state index contributed by atoms with van der Waals surface area (Å²) in [4.78, 5) is 14.3. The summed E-state index contributed by atoms with van der Waals surface area (Å²) in [6, 6.07) is 19.0. The minimum atomic E-state index is -0.0739. The van der Waals surface area contributed by atoms with Crippen LogP contribution in [0.5, 0.6) is 0 Å². The van der Waals surface area contributed by atoms with Crippen LogP contribution >= 0.6 is 0 Å². The van der Waals surface area contributed by atoms with Crippen LogP contribution in [0.2, 0.25) is 0 Å². The smallest absolute Gasteiger partial charge is 0.258 e. The SMILES string of the molecule is Cc1cccc(C(=O)N(CCC#N)c2ccccc2)c1. The lowest BCUT2D eigenvalue weighted by atomic mass is 10.1. The Balaban J connectivity index is 2.32. The van der Waals surface area contributed by atoms with E-state index in [4.69, 9.17) is 5.26 Å². The number of nitrogens with zero attached hydrogens (tertiary/aromatic N) is 2. The molecule has 0 bridgehead atoms. The van der Waals surface area contributed by atoms with E-state index >= 15 is 0 Å². The molecule has 3 heteroatoms. The summed E-state index contributed by atoms with van der Waals surface area (Å²) in [6.45, 7) is 2.35. The molecule has 0 saturated carbocycles. The third-order valence-corrected chi connectivity index (χ3v) is 3.03. The standard InChI is InChI=1S/C17H16N2O/c1-14-7-5-8-15(13-14)17(20)19(12-6-11-18)16-9-3-2-4-10-16/h2-5,7-10,13H,6,12H2,1H3. The van der Waals surface area contributed by atoms with E-state index in [1.807, 2.05) is 55.5 Å². The second kappa shape index (κ2) is 6.53. The van der Waals surface area contributed by atoms with Gasteiger partial charge in [-0.3, -0.25) is 4.79 Å². The predicted molar refractivity (Wildman–Crippen MR) is 79.5 cm³/mol. The Kier molecular flexibility index (Phi) is 4.52. The highest BCUT2D eigenvalue weighted by Gasteiger charge is 2.17. The zero-order valence-corrected chi connectivity index (χ0v) is 11.4. The first-order chi connectivity index (χ1) is 9.72. The first-order valence-electron chi connectivity index (χ1n) is 6.53. The van der Waals surface area contributed by atoms with E-state index in [0.29, 0.717) is 18.5 Å². The van der Waals surface area contributed by atoms with Gasteiger partial charge in [0.25, 0.3) is 5.91 Å². The molecule has 0 saturated heterocycles. The number of carbonyl (C=O) groups excluding carboxylic acids is 1. The average molecular weight is 264 g/mol. The zero-order valence-electron chi connectivity index (χ0n) is 11.4. The largest absolute Gasteiger partial charge is 0.307 e. The first kappa shape index (κ1) is 13.8. The van der Waals surface area contributed by atoms with E-state index < -0.39 is 0 Å². The summed E-state index contributed by atoms with van der Waals surface area (Å²) < 4.78 is 0.